The third-order valence-electron chi connectivity index (χ3n) is 2.87. The highest BCUT2D eigenvalue weighted by Crippen LogP contribution is 2.13. The van der Waals surface area contributed by atoms with Gasteiger partial charge in [-0.25, -0.2) is 9.78 Å². The van der Waals surface area contributed by atoms with E-state index in [0.717, 1.165) is 12.8 Å². The molecule has 0 N–H and O–H groups in total. The second kappa shape index (κ2) is 7.82. The van der Waals surface area contributed by atoms with Crippen molar-refractivity contribution in [2.75, 3.05) is 6.61 Å². The van der Waals surface area contributed by atoms with E-state index in [1.54, 1.807) is 24.4 Å². The Morgan fingerprint density at radius 1 is 1.41 bits per heavy atom. The molecule has 0 bridgehead atoms. The Kier molecular flexibility index (Phi) is 6.30. The maximum absolute atomic E-state index is 11.7. The van der Waals surface area contributed by atoms with Gasteiger partial charge in [-0.05, 0) is 24.5 Å². The van der Waals surface area contributed by atoms with E-state index in [1.807, 2.05) is 0 Å². The number of aromatic nitrogens is 1. The molecule has 3 heteroatoms. The molecular formula is C14H21NO2. The molecule has 0 radical (unpaired) electrons. The molecule has 0 saturated heterocycles. The van der Waals surface area contributed by atoms with Crippen molar-refractivity contribution in [3.8, 4) is 0 Å². The van der Waals surface area contributed by atoms with E-state index >= 15 is 0 Å². The van der Waals surface area contributed by atoms with Crippen LogP contribution in [0.4, 0.5) is 0 Å². The molecule has 1 atom stereocenters. The quantitative estimate of drug-likeness (QED) is 0.679. The summed E-state index contributed by atoms with van der Waals surface area (Å²) in [5.74, 6) is 0.156. The number of hydrogen-bond acceptors (Lipinski definition) is 3. The van der Waals surface area contributed by atoms with Crippen LogP contribution in [0.3, 0.4) is 0 Å². The van der Waals surface area contributed by atoms with E-state index in [0.29, 0.717) is 18.2 Å². The molecule has 0 saturated carbocycles. The minimum absolute atomic E-state index is 0.319. The predicted octanol–water partition coefficient (Wildman–Crippen LogP) is 3.45. The van der Waals surface area contributed by atoms with E-state index in [2.05, 4.69) is 18.8 Å². The Labute approximate surface area is 103 Å². The number of carbonyl (C=O) groups excluding carboxylic acids is 1. The second-order valence-electron chi connectivity index (χ2n) is 4.23. The summed E-state index contributed by atoms with van der Waals surface area (Å²) in [6.45, 7) is 4.81. The van der Waals surface area contributed by atoms with Crippen molar-refractivity contribution in [3.05, 3.63) is 30.1 Å². The van der Waals surface area contributed by atoms with Gasteiger partial charge in [0.15, 0.2) is 0 Å². The van der Waals surface area contributed by atoms with Crippen LogP contribution in [0.25, 0.3) is 0 Å². The third-order valence-corrected chi connectivity index (χ3v) is 2.87. The van der Waals surface area contributed by atoms with Crippen molar-refractivity contribution in [1.82, 2.24) is 4.98 Å². The van der Waals surface area contributed by atoms with Gasteiger partial charge in [-0.1, -0.05) is 39.2 Å². The lowest BCUT2D eigenvalue weighted by molar-refractivity contribution is 0.0421. The zero-order chi connectivity index (χ0) is 12.5. The van der Waals surface area contributed by atoms with E-state index < -0.39 is 0 Å². The number of hydrogen-bond donors (Lipinski definition) is 0. The molecule has 0 amide bonds. The molecule has 0 aliphatic rings. The number of unbranched alkanes of at least 4 members (excludes halogenated alkanes) is 1. The molecule has 0 fully saturated rings. The minimum Gasteiger partial charge on any atom is -0.461 e. The monoisotopic (exact) mass is 235 g/mol. The molecular weight excluding hydrogens is 214 g/mol. The summed E-state index contributed by atoms with van der Waals surface area (Å²) in [7, 11) is 0. The normalized spacial score (nSPS) is 12.1. The molecule has 3 nitrogen and oxygen atoms in total. The first-order chi connectivity index (χ1) is 8.27. The fraction of sp³-hybridized carbons (Fsp3) is 0.571. The van der Waals surface area contributed by atoms with E-state index in [-0.39, 0.29) is 5.97 Å². The molecule has 0 aliphatic heterocycles. The van der Waals surface area contributed by atoms with E-state index in [4.69, 9.17) is 4.74 Å². The van der Waals surface area contributed by atoms with Gasteiger partial charge in [-0.3, -0.25) is 0 Å². The fourth-order valence-electron chi connectivity index (χ4n) is 1.65. The Bertz CT molecular complexity index is 324. The van der Waals surface area contributed by atoms with Gasteiger partial charge in [0.2, 0.25) is 0 Å². The Morgan fingerprint density at radius 3 is 2.82 bits per heavy atom. The summed E-state index contributed by atoms with van der Waals surface area (Å²) in [5.41, 5.74) is 0.387. The van der Waals surface area contributed by atoms with Crippen LogP contribution in [0.15, 0.2) is 24.4 Å². The van der Waals surface area contributed by atoms with Crippen LogP contribution in [0.2, 0.25) is 0 Å². The van der Waals surface area contributed by atoms with Crippen LogP contribution in [0.5, 0.6) is 0 Å². The highest BCUT2D eigenvalue weighted by molar-refractivity contribution is 5.87. The highest BCUT2D eigenvalue weighted by Gasteiger charge is 2.12. The molecule has 1 aromatic heterocycles. The third kappa shape index (κ3) is 4.98. The first kappa shape index (κ1) is 13.7. The molecule has 0 spiro atoms. The van der Waals surface area contributed by atoms with Crippen LogP contribution < -0.4 is 0 Å². The standard InChI is InChI=1S/C14H21NO2/c1-3-5-8-12(4-2)11-17-14(16)13-9-6-7-10-15-13/h6-7,9-10,12H,3-5,8,11H2,1-2H3. The van der Waals surface area contributed by atoms with Gasteiger partial charge < -0.3 is 4.74 Å². The second-order valence-corrected chi connectivity index (χ2v) is 4.23. The summed E-state index contributed by atoms with van der Waals surface area (Å²) in [6, 6.07) is 5.25. The summed E-state index contributed by atoms with van der Waals surface area (Å²) in [5, 5.41) is 0. The molecule has 1 aromatic rings. The molecule has 94 valence electrons. The minimum atomic E-state index is -0.319. The van der Waals surface area contributed by atoms with Crippen molar-refractivity contribution in [2.45, 2.75) is 39.5 Å². The van der Waals surface area contributed by atoms with Crippen LogP contribution in [-0.2, 0) is 4.74 Å². The van der Waals surface area contributed by atoms with Gasteiger partial charge in [0.05, 0.1) is 6.61 Å². The van der Waals surface area contributed by atoms with E-state index in [1.165, 1.54) is 12.8 Å². The topological polar surface area (TPSA) is 39.2 Å². The Hall–Kier alpha value is -1.38. The summed E-state index contributed by atoms with van der Waals surface area (Å²) in [6.07, 6.45) is 6.16. The fourth-order valence-corrected chi connectivity index (χ4v) is 1.65. The van der Waals surface area contributed by atoms with Gasteiger partial charge in [0.1, 0.15) is 5.69 Å². The highest BCUT2D eigenvalue weighted by atomic mass is 16.5. The zero-order valence-electron chi connectivity index (χ0n) is 10.7. The maximum Gasteiger partial charge on any atom is 0.356 e. The number of rotatable bonds is 7. The van der Waals surface area contributed by atoms with Gasteiger partial charge in [0, 0.05) is 6.20 Å². The summed E-state index contributed by atoms with van der Waals surface area (Å²) < 4.78 is 5.28. The SMILES string of the molecule is CCCCC(CC)COC(=O)c1ccccn1. The number of esters is 1. The van der Waals surface area contributed by atoms with Crippen molar-refractivity contribution >= 4 is 5.97 Å². The average molecular weight is 235 g/mol. The number of carbonyl (C=O) groups is 1. The number of pyridine rings is 1. The lowest BCUT2D eigenvalue weighted by Gasteiger charge is -2.14. The smallest absolute Gasteiger partial charge is 0.356 e. The maximum atomic E-state index is 11.7. The zero-order valence-corrected chi connectivity index (χ0v) is 10.7. The Morgan fingerprint density at radius 2 is 2.24 bits per heavy atom. The molecule has 1 unspecified atom stereocenters. The van der Waals surface area contributed by atoms with Crippen molar-refractivity contribution in [3.63, 3.8) is 0 Å². The van der Waals surface area contributed by atoms with Crippen LogP contribution >= 0.6 is 0 Å². The molecule has 1 heterocycles. The van der Waals surface area contributed by atoms with Crippen molar-refractivity contribution in [1.29, 1.82) is 0 Å². The van der Waals surface area contributed by atoms with Gasteiger partial charge >= 0.3 is 5.97 Å². The van der Waals surface area contributed by atoms with Gasteiger partial charge in [-0.2, -0.15) is 0 Å². The number of ether oxygens (including phenoxy) is 1. The van der Waals surface area contributed by atoms with Gasteiger partial charge in [0.25, 0.3) is 0 Å². The number of nitrogens with zero attached hydrogens (tertiary/aromatic N) is 1. The van der Waals surface area contributed by atoms with Crippen LogP contribution in [0, 0.1) is 5.92 Å². The van der Waals surface area contributed by atoms with Crippen molar-refractivity contribution < 1.29 is 9.53 Å². The lowest BCUT2D eigenvalue weighted by atomic mass is 10.0. The first-order valence-corrected chi connectivity index (χ1v) is 6.36. The van der Waals surface area contributed by atoms with E-state index in [9.17, 15) is 4.79 Å². The van der Waals surface area contributed by atoms with Crippen molar-refractivity contribution in [2.24, 2.45) is 5.92 Å². The average Bonchev–Trinajstić information content (AvgIpc) is 2.39. The molecule has 17 heavy (non-hydrogen) atoms. The summed E-state index contributed by atoms with van der Waals surface area (Å²) >= 11 is 0. The van der Waals surface area contributed by atoms with Crippen LogP contribution in [-0.4, -0.2) is 17.6 Å². The Balaban J connectivity index is 2.36. The molecule has 1 rings (SSSR count). The first-order valence-electron chi connectivity index (χ1n) is 6.36. The van der Waals surface area contributed by atoms with Gasteiger partial charge in [-0.15, -0.1) is 0 Å². The summed E-state index contributed by atoms with van der Waals surface area (Å²) in [4.78, 5) is 15.6. The molecule has 0 aliphatic carbocycles. The predicted molar refractivity (Wildman–Crippen MR) is 67.8 cm³/mol. The lowest BCUT2D eigenvalue weighted by Crippen LogP contribution is -2.14. The molecule has 0 aromatic carbocycles. The van der Waals surface area contributed by atoms with Crippen LogP contribution in [0.1, 0.15) is 50.0 Å². The largest absolute Gasteiger partial charge is 0.461 e.